The largest absolute Gasteiger partial charge is 0.355 e. The minimum absolute atomic E-state index is 0.157. The van der Waals surface area contributed by atoms with Gasteiger partial charge in [0.05, 0.1) is 0 Å². The van der Waals surface area contributed by atoms with Crippen molar-refractivity contribution in [1.82, 2.24) is 15.5 Å². The highest BCUT2D eigenvalue weighted by Gasteiger charge is 2.18. The maximum atomic E-state index is 12.5. The molecule has 28 heavy (non-hydrogen) atoms. The third-order valence-electron chi connectivity index (χ3n) is 4.20. The van der Waals surface area contributed by atoms with Gasteiger partial charge in [-0.3, -0.25) is 14.4 Å². The van der Waals surface area contributed by atoms with Gasteiger partial charge in [-0.15, -0.1) is 0 Å². The number of carbonyl (C=O) groups is 3. The lowest BCUT2D eigenvalue weighted by molar-refractivity contribution is -0.134. The minimum Gasteiger partial charge on any atom is -0.355 e. The van der Waals surface area contributed by atoms with Crippen LogP contribution >= 0.6 is 0 Å². The molecule has 0 spiro atoms. The molecule has 0 fully saturated rings. The molecule has 1 atom stereocenters. The molecule has 6 heteroatoms. The van der Waals surface area contributed by atoms with E-state index in [1.165, 1.54) is 6.08 Å². The first-order valence-corrected chi connectivity index (χ1v) is 9.00. The number of likely N-dealkylation sites (N-methyl/N-ethyl adjacent to an activating group) is 1. The van der Waals surface area contributed by atoms with Gasteiger partial charge in [0.15, 0.2) is 0 Å². The van der Waals surface area contributed by atoms with Crippen molar-refractivity contribution < 1.29 is 14.4 Å². The third kappa shape index (κ3) is 6.09. The highest BCUT2D eigenvalue weighted by atomic mass is 16.2. The summed E-state index contributed by atoms with van der Waals surface area (Å²) in [4.78, 5) is 37.6. The predicted octanol–water partition coefficient (Wildman–Crippen LogP) is 2.22. The highest BCUT2D eigenvalue weighted by Crippen LogP contribution is 2.08. The molecular weight excluding hydrogens is 354 g/mol. The molecule has 0 aliphatic heterocycles. The maximum Gasteiger partial charge on any atom is 0.251 e. The van der Waals surface area contributed by atoms with Crippen LogP contribution in [0, 0.1) is 0 Å². The fourth-order valence-corrected chi connectivity index (χ4v) is 2.65. The van der Waals surface area contributed by atoms with Crippen LogP contribution in [0.25, 0.3) is 6.08 Å². The first kappa shape index (κ1) is 20.9. The van der Waals surface area contributed by atoms with Gasteiger partial charge in [0.25, 0.3) is 5.91 Å². The second-order valence-corrected chi connectivity index (χ2v) is 6.44. The predicted molar refractivity (Wildman–Crippen MR) is 109 cm³/mol. The molecule has 2 rings (SSSR count). The molecule has 2 N–H and O–H groups in total. The quantitative estimate of drug-likeness (QED) is 0.724. The summed E-state index contributed by atoms with van der Waals surface area (Å²) in [6, 6.07) is 15.9. The number of amides is 3. The first-order valence-electron chi connectivity index (χ1n) is 9.00. The van der Waals surface area contributed by atoms with Crippen molar-refractivity contribution in [2.75, 3.05) is 14.1 Å². The van der Waals surface area contributed by atoms with Gasteiger partial charge in [-0.25, -0.2) is 0 Å². The SMILES string of the molecule is CNC(=O)c1ccc(CN(C)C(=O)[C@@H](C)NC(=O)/C=C/c2ccccc2)cc1. The van der Waals surface area contributed by atoms with E-state index in [-0.39, 0.29) is 17.7 Å². The molecule has 6 nitrogen and oxygen atoms in total. The van der Waals surface area contributed by atoms with Crippen molar-refractivity contribution in [3.63, 3.8) is 0 Å². The zero-order valence-electron chi connectivity index (χ0n) is 16.3. The number of nitrogens with zero attached hydrogens (tertiary/aromatic N) is 1. The fourth-order valence-electron chi connectivity index (χ4n) is 2.65. The van der Waals surface area contributed by atoms with Crippen LogP contribution in [-0.4, -0.2) is 42.8 Å². The van der Waals surface area contributed by atoms with E-state index in [9.17, 15) is 14.4 Å². The summed E-state index contributed by atoms with van der Waals surface area (Å²) in [5.41, 5.74) is 2.37. The van der Waals surface area contributed by atoms with E-state index in [1.807, 2.05) is 30.3 Å². The van der Waals surface area contributed by atoms with E-state index in [0.717, 1.165) is 11.1 Å². The van der Waals surface area contributed by atoms with Crippen molar-refractivity contribution in [2.45, 2.75) is 19.5 Å². The number of carbonyl (C=O) groups excluding carboxylic acids is 3. The van der Waals surface area contributed by atoms with Crippen LogP contribution < -0.4 is 10.6 Å². The standard InChI is InChI=1S/C22H25N3O3/c1-16(24-20(26)14-11-17-7-5-4-6-8-17)22(28)25(3)15-18-9-12-19(13-10-18)21(27)23-2/h4-14,16H,15H2,1-3H3,(H,23,27)(H,24,26)/b14-11+/t16-/m1/s1. The number of hydrogen-bond donors (Lipinski definition) is 2. The van der Waals surface area contributed by atoms with Crippen molar-refractivity contribution in [1.29, 1.82) is 0 Å². The smallest absolute Gasteiger partial charge is 0.251 e. The van der Waals surface area contributed by atoms with Gasteiger partial charge < -0.3 is 15.5 Å². The monoisotopic (exact) mass is 379 g/mol. The topological polar surface area (TPSA) is 78.5 Å². The lowest BCUT2D eigenvalue weighted by atomic mass is 10.1. The first-order chi connectivity index (χ1) is 13.4. The summed E-state index contributed by atoms with van der Waals surface area (Å²) in [6.45, 7) is 2.04. The Bertz CT molecular complexity index is 845. The molecule has 0 aromatic heterocycles. The van der Waals surface area contributed by atoms with Crippen LogP contribution in [0.5, 0.6) is 0 Å². The van der Waals surface area contributed by atoms with Crippen LogP contribution in [0.4, 0.5) is 0 Å². The molecular formula is C22H25N3O3. The molecule has 0 heterocycles. The van der Waals surface area contributed by atoms with E-state index >= 15 is 0 Å². The molecule has 2 aromatic rings. The van der Waals surface area contributed by atoms with Crippen LogP contribution in [0.15, 0.2) is 60.7 Å². The van der Waals surface area contributed by atoms with Crippen LogP contribution in [-0.2, 0) is 16.1 Å². The number of rotatable bonds is 7. The average Bonchev–Trinajstić information content (AvgIpc) is 2.72. The van der Waals surface area contributed by atoms with E-state index < -0.39 is 6.04 Å². The summed E-state index contributed by atoms with van der Waals surface area (Å²) >= 11 is 0. The Balaban J connectivity index is 1.88. The van der Waals surface area contributed by atoms with Gasteiger partial charge in [-0.1, -0.05) is 42.5 Å². The average molecular weight is 379 g/mol. The normalized spacial score (nSPS) is 11.7. The third-order valence-corrected chi connectivity index (χ3v) is 4.20. The van der Waals surface area contributed by atoms with Gasteiger partial charge in [-0.2, -0.15) is 0 Å². The number of hydrogen-bond acceptors (Lipinski definition) is 3. The Kier molecular flexibility index (Phi) is 7.51. The summed E-state index contributed by atoms with van der Waals surface area (Å²) < 4.78 is 0. The van der Waals surface area contributed by atoms with Crippen molar-refractivity contribution in [3.8, 4) is 0 Å². The molecule has 0 radical (unpaired) electrons. The van der Waals surface area contributed by atoms with Gasteiger partial charge >= 0.3 is 0 Å². The molecule has 0 saturated carbocycles. The second-order valence-electron chi connectivity index (χ2n) is 6.44. The Hall–Kier alpha value is -3.41. The van der Waals surface area contributed by atoms with Gasteiger partial charge in [0, 0.05) is 32.3 Å². The van der Waals surface area contributed by atoms with Gasteiger partial charge in [0.2, 0.25) is 11.8 Å². The second kappa shape index (κ2) is 10.1. The van der Waals surface area contributed by atoms with Crippen molar-refractivity contribution in [3.05, 3.63) is 77.4 Å². The lowest BCUT2D eigenvalue weighted by Gasteiger charge is -2.22. The summed E-state index contributed by atoms with van der Waals surface area (Å²) in [5, 5.41) is 5.24. The number of benzene rings is 2. The Morgan fingerprint density at radius 3 is 2.29 bits per heavy atom. The molecule has 0 unspecified atom stereocenters. The maximum absolute atomic E-state index is 12.5. The Labute approximate surface area is 165 Å². The zero-order valence-corrected chi connectivity index (χ0v) is 16.3. The van der Waals surface area contributed by atoms with Crippen LogP contribution in [0.3, 0.4) is 0 Å². The zero-order chi connectivity index (χ0) is 20.5. The summed E-state index contributed by atoms with van der Waals surface area (Å²) in [5.74, 6) is -0.680. The van der Waals surface area contributed by atoms with Gasteiger partial charge in [0.1, 0.15) is 6.04 Å². The van der Waals surface area contributed by atoms with Crippen LogP contribution in [0.1, 0.15) is 28.4 Å². The Morgan fingerprint density at radius 1 is 1.04 bits per heavy atom. The highest BCUT2D eigenvalue weighted by molar-refractivity contribution is 5.95. The van der Waals surface area contributed by atoms with E-state index in [2.05, 4.69) is 10.6 Å². The minimum atomic E-state index is -0.650. The molecule has 3 amide bonds. The van der Waals surface area contributed by atoms with Crippen LogP contribution in [0.2, 0.25) is 0 Å². The van der Waals surface area contributed by atoms with E-state index in [1.54, 1.807) is 56.3 Å². The molecule has 0 aliphatic carbocycles. The van der Waals surface area contributed by atoms with E-state index in [4.69, 9.17) is 0 Å². The summed E-state index contributed by atoms with van der Waals surface area (Å²) in [7, 11) is 3.25. The van der Waals surface area contributed by atoms with E-state index in [0.29, 0.717) is 12.1 Å². The molecule has 2 aromatic carbocycles. The lowest BCUT2D eigenvalue weighted by Crippen LogP contribution is -2.44. The molecule has 146 valence electrons. The molecule has 0 saturated heterocycles. The Morgan fingerprint density at radius 2 is 1.68 bits per heavy atom. The molecule has 0 aliphatic rings. The van der Waals surface area contributed by atoms with Crippen molar-refractivity contribution >= 4 is 23.8 Å². The molecule has 0 bridgehead atoms. The van der Waals surface area contributed by atoms with Gasteiger partial charge in [-0.05, 0) is 36.3 Å². The van der Waals surface area contributed by atoms with Crippen molar-refractivity contribution in [2.24, 2.45) is 0 Å². The fraction of sp³-hybridized carbons (Fsp3) is 0.227. The number of nitrogens with one attached hydrogen (secondary N) is 2. The summed E-state index contributed by atoms with van der Waals surface area (Å²) in [6.07, 6.45) is 3.11.